The highest BCUT2D eigenvalue weighted by atomic mass is 16.3. The molecule has 1 atom stereocenters. The third kappa shape index (κ3) is 1.74. The summed E-state index contributed by atoms with van der Waals surface area (Å²) in [6.07, 6.45) is 6.20. The molecule has 0 saturated carbocycles. The van der Waals surface area contributed by atoms with Gasteiger partial charge in [-0.2, -0.15) is 0 Å². The Morgan fingerprint density at radius 2 is 2.50 bits per heavy atom. The summed E-state index contributed by atoms with van der Waals surface area (Å²) in [6.45, 7) is 0.683. The van der Waals surface area contributed by atoms with Crippen molar-refractivity contribution in [3.05, 3.63) is 11.8 Å². The van der Waals surface area contributed by atoms with Crippen LogP contribution in [0.4, 0.5) is 0 Å². The highest BCUT2D eigenvalue weighted by Gasteiger charge is 2.15. The smallest absolute Gasteiger partial charge is 0.0914 e. The second-order valence-corrected chi connectivity index (χ2v) is 2.83. The van der Waals surface area contributed by atoms with Gasteiger partial charge < -0.3 is 10.8 Å². The topological polar surface area (TPSA) is 46.2 Å². The Kier molecular flexibility index (Phi) is 2.75. The Labute approximate surface area is 61.7 Å². The first kappa shape index (κ1) is 7.61. The van der Waals surface area contributed by atoms with Crippen LogP contribution in [0.2, 0.25) is 0 Å². The molecular weight excluding hydrogens is 126 g/mol. The average Bonchev–Trinajstić information content (AvgIpc) is 1.94. The fourth-order valence-electron chi connectivity index (χ4n) is 1.42. The molecule has 3 N–H and O–H groups in total. The number of nitrogens with two attached hydrogens (primary N) is 1. The van der Waals surface area contributed by atoms with Gasteiger partial charge in [0.25, 0.3) is 0 Å². The van der Waals surface area contributed by atoms with E-state index in [2.05, 4.69) is 0 Å². The van der Waals surface area contributed by atoms with Gasteiger partial charge in [-0.15, -0.1) is 0 Å². The zero-order valence-electron chi connectivity index (χ0n) is 6.21. The van der Waals surface area contributed by atoms with Crippen LogP contribution in [0.15, 0.2) is 11.8 Å². The summed E-state index contributed by atoms with van der Waals surface area (Å²) in [5.74, 6) is 0.926. The lowest BCUT2D eigenvalue weighted by Gasteiger charge is -2.18. The summed E-state index contributed by atoms with van der Waals surface area (Å²) in [4.78, 5) is 0. The van der Waals surface area contributed by atoms with E-state index >= 15 is 0 Å². The van der Waals surface area contributed by atoms with E-state index in [4.69, 9.17) is 5.73 Å². The van der Waals surface area contributed by atoms with E-state index in [1.807, 2.05) is 6.08 Å². The van der Waals surface area contributed by atoms with Gasteiger partial charge in [-0.3, -0.25) is 0 Å². The summed E-state index contributed by atoms with van der Waals surface area (Å²) >= 11 is 0. The van der Waals surface area contributed by atoms with E-state index in [-0.39, 0.29) is 0 Å². The van der Waals surface area contributed by atoms with E-state index < -0.39 is 0 Å². The number of aliphatic hydroxyl groups is 1. The van der Waals surface area contributed by atoms with Gasteiger partial charge in [0.1, 0.15) is 0 Å². The molecule has 1 unspecified atom stereocenters. The zero-order chi connectivity index (χ0) is 7.40. The van der Waals surface area contributed by atoms with Crippen LogP contribution in [0.25, 0.3) is 0 Å². The van der Waals surface area contributed by atoms with Crippen molar-refractivity contribution >= 4 is 0 Å². The first-order chi connectivity index (χ1) is 4.84. The molecule has 0 spiro atoms. The van der Waals surface area contributed by atoms with Crippen LogP contribution >= 0.6 is 0 Å². The Hall–Kier alpha value is -0.500. The molecule has 0 radical (unpaired) electrons. The number of rotatable bonds is 2. The molecule has 0 amide bonds. The van der Waals surface area contributed by atoms with Gasteiger partial charge in [0, 0.05) is 5.92 Å². The summed E-state index contributed by atoms with van der Waals surface area (Å²) in [6, 6.07) is 0. The number of allylic oxidation sites excluding steroid dienone is 2. The minimum Gasteiger partial charge on any atom is -0.512 e. The van der Waals surface area contributed by atoms with Crippen LogP contribution in [-0.2, 0) is 0 Å². The third-order valence-corrected chi connectivity index (χ3v) is 2.04. The summed E-state index contributed by atoms with van der Waals surface area (Å²) in [5, 5.41) is 9.31. The first-order valence-corrected chi connectivity index (χ1v) is 3.93. The van der Waals surface area contributed by atoms with E-state index in [9.17, 15) is 5.11 Å². The molecule has 0 saturated heterocycles. The molecule has 1 rings (SSSR count). The van der Waals surface area contributed by atoms with Crippen molar-refractivity contribution in [2.75, 3.05) is 6.54 Å². The second kappa shape index (κ2) is 3.62. The fraction of sp³-hybridized carbons (Fsp3) is 0.750. The Morgan fingerprint density at radius 1 is 1.70 bits per heavy atom. The summed E-state index contributed by atoms with van der Waals surface area (Å²) < 4.78 is 0. The lowest BCUT2D eigenvalue weighted by Crippen LogP contribution is -2.13. The fourth-order valence-corrected chi connectivity index (χ4v) is 1.42. The largest absolute Gasteiger partial charge is 0.512 e. The van der Waals surface area contributed by atoms with Crippen molar-refractivity contribution in [3.63, 3.8) is 0 Å². The third-order valence-electron chi connectivity index (χ3n) is 2.04. The molecule has 0 fully saturated rings. The molecule has 1 aliphatic carbocycles. The SMILES string of the molecule is NCCC1CCCC=C1O. The van der Waals surface area contributed by atoms with E-state index in [1.165, 1.54) is 6.42 Å². The molecule has 2 nitrogen and oxygen atoms in total. The predicted octanol–water partition coefficient (Wildman–Crippen LogP) is 1.58. The van der Waals surface area contributed by atoms with Crippen LogP contribution in [0.1, 0.15) is 25.7 Å². The van der Waals surface area contributed by atoms with Crippen LogP contribution < -0.4 is 5.73 Å². The molecule has 58 valence electrons. The van der Waals surface area contributed by atoms with Crippen LogP contribution in [-0.4, -0.2) is 11.7 Å². The van der Waals surface area contributed by atoms with Gasteiger partial charge >= 0.3 is 0 Å². The molecule has 10 heavy (non-hydrogen) atoms. The maximum absolute atomic E-state index is 9.31. The van der Waals surface area contributed by atoms with Crippen molar-refractivity contribution in [1.82, 2.24) is 0 Å². The monoisotopic (exact) mass is 141 g/mol. The van der Waals surface area contributed by atoms with Gasteiger partial charge in [-0.05, 0) is 38.3 Å². The summed E-state index contributed by atoms with van der Waals surface area (Å²) in [5.41, 5.74) is 5.38. The van der Waals surface area contributed by atoms with E-state index in [1.54, 1.807) is 0 Å². The van der Waals surface area contributed by atoms with Crippen molar-refractivity contribution in [3.8, 4) is 0 Å². The Balaban J connectivity index is 2.41. The molecule has 0 bridgehead atoms. The normalized spacial score (nSPS) is 26.1. The molecular formula is C8H15NO. The summed E-state index contributed by atoms with van der Waals surface area (Å²) in [7, 11) is 0. The van der Waals surface area contributed by atoms with Crippen molar-refractivity contribution in [2.24, 2.45) is 11.7 Å². The number of aliphatic hydroxyl groups excluding tert-OH is 1. The van der Waals surface area contributed by atoms with E-state index in [0.29, 0.717) is 18.2 Å². The minimum absolute atomic E-state index is 0.360. The van der Waals surface area contributed by atoms with Gasteiger partial charge in [0.2, 0.25) is 0 Å². The first-order valence-electron chi connectivity index (χ1n) is 3.93. The standard InChI is InChI=1S/C8H15NO/c9-6-5-7-3-1-2-4-8(7)10/h4,7,10H,1-3,5-6,9H2. The molecule has 1 aliphatic rings. The quantitative estimate of drug-likeness (QED) is 0.613. The van der Waals surface area contributed by atoms with Crippen LogP contribution in [0.5, 0.6) is 0 Å². The molecule has 0 aromatic carbocycles. The highest BCUT2D eigenvalue weighted by Crippen LogP contribution is 2.24. The van der Waals surface area contributed by atoms with Crippen LogP contribution in [0, 0.1) is 5.92 Å². The molecule has 0 aliphatic heterocycles. The van der Waals surface area contributed by atoms with Gasteiger partial charge in [0.05, 0.1) is 5.76 Å². The predicted molar refractivity (Wildman–Crippen MR) is 41.7 cm³/mol. The molecule has 0 aromatic rings. The number of hydrogen-bond acceptors (Lipinski definition) is 2. The lowest BCUT2D eigenvalue weighted by atomic mass is 9.91. The van der Waals surface area contributed by atoms with Gasteiger partial charge in [-0.1, -0.05) is 0 Å². The Bertz CT molecular complexity index is 131. The molecule has 2 heteroatoms. The highest BCUT2D eigenvalue weighted by molar-refractivity contribution is 5.00. The average molecular weight is 141 g/mol. The Morgan fingerprint density at radius 3 is 3.10 bits per heavy atom. The molecule has 0 heterocycles. The zero-order valence-corrected chi connectivity index (χ0v) is 6.21. The van der Waals surface area contributed by atoms with E-state index in [0.717, 1.165) is 19.3 Å². The van der Waals surface area contributed by atoms with Crippen molar-refractivity contribution in [2.45, 2.75) is 25.7 Å². The maximum atomic E-state index is 9.31. The van der Waals surface area contributed by atoms with Gasteiger partial charge in [-0.25, -0.2) is 0 Å². The van der Waals surface area contributed by atoms with Crippen molar-refractivity contribution in [1.29, 1.82) is 0 Å². The number of hydrogen-bond donors (Lipinski definition) is 2. The van der Waals surface area contributed by atoms with Crippen molar-refractivity contribution < 1.29 is 5.11 Å². The maximum Gasteiger partial charge on any atom is 0.0914 e. The van der Waals surface area contributed by atoms with Gasteiger partial charge in [0.15, 0.2) is 0 Å². The second-order valence-electron chi connectivity index (χ2n) is 2.83. The van der Waals surface area contributed by atoms with Crippen LogP contribution in [0.3, 0.4) is 0 Å². The lowest BCUT2D eigenvalue weighted by molar-refractivity contribution is 0.291. The molecule has 0 aromatic heterocycles. The minimum atomic E-state index is 0.360.